The second-order valence-electron chi connectivity index (χ2n) is 6.89. The van der Waals surface area contributed by atoms with Crippen LogP contribution in [0.3, 0.4) is 0 Å². The Bertz CT molecular complexity index is 1270. The number of ether oxygens (including phenoxy) is 1. The molecule has 7 nitrogen and oxygen atoms in total. The van der Waals surface area contributed by atoms with Gasteiger partial charge in [0.2, 0.25) is 0 Å². The molecule has 1 amide bonds. The molecule has 0 saturated carbocycles. The van der Waals surface area contributed by atoms with Gasteiger partial charge in [0.05, 0.1) is 29.2 Å². The average molecular weight is 472 g/mol. The molecule has 1 aliphatic heterocycles. The molecule has 0 fully saturated rings. The molecule has 1 aliphatic rings. The number of aromatic nitrogens is 3. The van der Waals surface area contributed by atoms with Crippen LogP contribution in [0.25, 0.3) is 21.8 Å². The van der Waals surface area contributed by atoms with Gasteiger partial charge in [0, 0.05) is 35.9 Å². The highest BCUT2D eigenvalue weighted by atomic mass is 79.9. The van der Waals surface area contributed by atoms with Crippen LogP contribution in [0.15, 0.2) is 47.1 Å². The van der Waals surface area contributed by atoms with E-state index in [1.165, 1.54) is 11.6 Å². The van der Waals surface area contributed by atoms with Gasteiger partial charge in [-0.3, -0.25) is 9.48 Å². The van der Waals surface area contributed by atoms with Gasteiger partial charge in [-0.25, -0.2) is 4.98 Å². The fourth-order valence-electron chi connectivity index (χ4n) is 3.41. The highest BCUT2D eigenvalue weighted by Crippen LogP contribution is 2.29. The smallest absolute Gasteiger partial charge is 0.281 e. The van der Waals surface area contributed by atoms with Crippen LogP contribution in [-0.4, -0.2) is 39.4 Å². The fraction of sp³-hybridized carbons (Fsp3) is 0.190. The third-order valence-corrected chi connectivity index (χ3v) is 5.39. The SMILES string of the molecule is Brc1ccc2c(c1)OCC2.CN(F)C(=O)c1ccc2nc(N)c3cnn(C)c3c2c1. The number of carbonyl (C=O) groups is 1. The van der Waals surface area contributed by atoms with Crippen LogP contribution in [0.1, 0.15) is 15.9 Å². The van der Waals surface area contributed by atoms with E-state index in [1.54, 1.807) is 30.1 Å². The minimum atomic E-state index is -0.709. The number of anilines is 1. The second-order valence-corrected chi connectivity index (χ2v) is 7.81. The molecule has 154 valence electrons. The van der Waals surface area contributed by atoms with Gasteiger partial charge >= 0.3 is 0 Å². The van der Waals surface area contributed by atoms with Crippen LogP contribution in [0.4, 0.5) is 10.3 Å². The number of fused-ring (bicyclic) bond motifs is 4. The van der Waals surface area contributed by atoms with Gasteiger partial charge in [-0.15, -0.1) is 0 Å². The maximum atomic E-state index is 13.0. The maximum Gasteiger partial charge on any atom is 0.281 e. The number of benzene rings is 2. The van der Waals surface area contributed by atoms with Crippen molar-refractivity contribution >= 4 is 49.5 Å². The Morgan fingerprint density at radius 3 is 2.83 bits per heavy atom. The van der Waals surface area contributed by atoms with E-state index in [-0.39, 0.29) is 10.7 Å². The lowest BCUT2D eigenvalue weighted by atomic mass is 10.1. The molecule has 0 spiro atoms. The van der Waals surface area contributed by atoms with E-state index >= 15 is 0 Å². The summed E-state index contributed by atoms with van der Waals surface area (Å²) in [5.74, 6) is 0.704. The van der Waals surface area contributed by atoms with Crippen molar-refractivity contribution in [2.75, 3.05) is 19.4 Å². The van der Waals surface area contributed by atoms with Crippen molar-refractivity contribution in [3.8, 4) is 5.75 Å². The number of nitrogens with zero attached hydrogens (tertiary/aromatic N) is 4. The summed E-state index contributed by atoms with van der Waals surface area (Å²) in [6, 6.07) is 10.9. The number of nitrogens with two attached hydrogens (primary N) is 1. The lowest BCUT2D eigenvalue weighted by Gasteiger charge is -2.08. The summed E-state index contributed by atoms with van der Waals surface area (Å²) in [4.78, 5) is 16.0. The number of rotatable bonds is 1. The van der Waals surface area contributed by atoms with Crippen molar-refractivity contribution in [1.29, 1.82) is 0 Å². The highest BCUT2D eigenvalue weighted by molar-refractivity contribution is 9.10. The second kappa shape index (κ2) is 7.91. The van der Waals surface area contributed by atoms with Crippen LogP contribution in [0.5, 0.6) is 5.75 Å². The summed E-state index contributed by atoms with van der Waals surface area (Å²) in [5.41, 5.74) is 8.85. The molecular formula is C21H19BrFN5O2. The van der Waals surface area contributed by atoms with Gasteiger partial charge < -0.3 is 10.5 Å². The first-order valence-corrected chi connectivity index (χ1v) is 10.0. The molecule has 0 saturated heterocycles. The minimum absolute atomic E-state index is 0.0480. The zero-order valence-electron chi connectivity index (χ0n) is 16.4. The van der Waals surface area contributed by atoms with Crippen LogP contribution in [0, 0.1) is 0 Å². The highest BCUT2D eigenvalue weighted by Gasteiger charge is 2.15. The Labute approximate surface area is 180 Å². The summed E-state index contributed by atoms with van der Waals surface area (Å²) >= 11 is 3.38. The monoisotopic (exact) mass is 471 g/mol. The number of halogens is 2. The first kappa shape index (κ1) is 20.1. The van der Waals surface area contributed by atoms with E-state index in [9.17, 15) is 9.28 Å². The predicted molar refractivity (Wildman–Crippen MR) is 117 cm³/mol. The van der Waals surface area contributed by atoms with Crippen LogP contribution in [-0.2, 0) is 13.5 Å². The normalized spacial score (nSPS) is 12.3. The number of aryl methyl sites for hydroxylation is 1. The number of pyridine rings is 1. The first-order chi connectivity index (χ1) is 14.3. The molecule has 0 radical (unpaired) electrons. The van der Waals surface area contributed by atoms with Gasteiger partial charge in [0.25, 0.3) is 5.91 Å². The molecule has 9 heteroatoms. The molecule has 2 aromatic carbocycles. The first-order valence-electron chi connectivity index (χ1n) is 9.21. The molecule has 0 atom stereocenters. The van der Waals surface area contributed by atoms with Crippen molar-refractivity contribution in [2.24, 2.45) is 7.05 Å². The fourth-order valence-corrected chi connectivity index (χ4v) is 3.75. The number of hydrogen-bond donors (Lipinski definition) is 1. The van der Waals surface area contributed by atoms with Crippen molar-refractivity contribution in [2.45, 2.75) is 6.42 Å². The summed E-state index contributed by atoms with van der Waals surface area (Å²) in [5, 5.41) is 5.61. The minimum Gasteiger partial charge on any atom is -0.493 e. The van der Waals surface area contributed by atoms with Gasteiger partial charge in [0.1, 0.15) is 11.6 Å². The summed E-state index contributed by atoms with van der Waals surface area (Å²) in [6.45, 7) is 0.839. The Morgan fingerprint density at radius 1 is 1.27 bits per heavy atom. The van der Waals surface area contributed by atoms with E-state index in [0.29, 0.717) is 22.1 Å². The lowest BCUT2D eigenvalue weighted by Crippen LogP contribution is -2.17. The molecule has 4 aromatic rings. The maximum absolute atomic E-state index is 13.0. The number of hydrogen-bond acceptors (Lipinski definition) is 5. The molecule has 2 N–H and O–H groups in total. The van der Waals surface area contributed by atoms with Crippen molar-refractivity contribution < 1.29 is 14.0 Å². The topological polar surface area (TPSA) is 86.3 Å². The summed E-state index contributed by atoms with van der Waals surface area (Å²) < 4.78 is 21.1. The van der Waals surface area contributed by atoms with E-state index in [4.69, 9.17) is 10.5 Å². The molecule has 0 bridgehead atoms. The zero-order valence-corrected chi connectivity index (χ0v) is 18.0. The number of nitrogen functional groups attached to an aromatic ring is 1. The molecule has 0 aliphatic carbocycles. The van der Waals surface area contributed by atoms with Crippen LogP contribution in [0.2, 0.25) is 0 Å². The van der Waals surface area contributed by atoms with E-state index in [2.05, 4.69) is 32.1 Å². The van der Waals surface area contributed by atoms with Gasteiger partial charge in [-0.2, -0.15) is 10.2 Å². The Hall–Kier alpha value is -3.20. The van der Waals surface area contributed by atoms with Crippen LogP contribution < -0.4 is 10.5 Å². The van der Waals surface area contributed by atoms with Gasteiger partial charge in [-0.05, 0) is 35.9 Å². The lowest BCUT2D eigenvalue weighted by molar-refractivity contribution is 0.0343. The molecule has 30 heavy (non-hydrogen) atoms. The Balaban J connectivity index is 0.000000181. The molecule has 0 unspecified atom stereocenters. The molecule has 3 heterocycles. The molecule has 5 rings (SSSR count). The van der Waals surface area contributed by atoms with E-state index in [0.717, 1.165) is 35.8 Å². The van der Waals surface area contributed by atoms with Crippen molar-refractivity contribution in [3.63, 3.8) is 0 Å². The van der Waals surface area contributed by atoms with Crippen molar-refractivity contribution in [3.05, 3.63) is 58.2 Å². The largest absolute Gasteiger partial charge is 0.493 e. The average Bonchev–Trinajstić information content (AvgIpc) is 3.34. The van der Waals surface area contributed by atoms with Gasteiger partial charge in [-0.1, -0.05) is 26.5 Å². The summed E-state index contributed by atoms with van der Waals surface area (Å²) in [7, 11) is 2.84. The Morgan fingerprint density at radius 2 is 2.07 bits per heavy atom. The summed E-state index contributed by atoms with van der Waals surface area (Å²) in [6.07, 6.45) is 2.68. The van der Waals surface area contributed by atoms with E-state index < -0.39 is 5.91 Å². The van der Waals surface area contributed by atoms with Crippen LogP contribution >= 0.6 is 15.9 Å². The standard InChI is InChI=1S/C13H12FN5O.C8H7BrO/c1-18(14)13(20)7-3-4-10-8(5-7)11-9(12(15)17-10)6-16-19(11)2;9-7-2-1-6-3-4-10-8(6)5-7/h3-6H,1-2H3,(H2,15,17);1-2,5H,3-4H2. The number of carbonyl (C=O) groups excluding carboxylic acids is 1. The third kappa shape index (κ3) is 3.68. The van der Waals surface area contributed by atoms with E-state index in [1.807, 2.05) is 12.1 Å². The third-order valence-electron chi connectivity index (χ3n) is 4.89. The molecular weight excluding hydrogens is 453 g/mol. The number of amides is 1. The quantitative estimate of drug-likeness (QED) is 0.423. The molecule has 2 aromatic heterocycles. The van der Waals surface area contributed by atoms with Gasteiger partial charge in [0.15, 0.2) is 0 Å². The predicted octanol–water partition coefficient (Wildman–Crippen LogP) is 4.04. The Kier molecular flexibility index (Phi) is 5.29. The zero-order chi connectivity index (χ0) is 21.4. The van der Waals surface area contributed by atoms with Crippen molar-refractivity contribution in [1.82, 2.24) is 19.9 Å².